The highest BCUT2D eigenvalue weighted by Gasteiger charge is 2.53. The summed E-state index contributed by atoms with van der Waals surface area (Å²) in [5, 5.41) is 0.632. The monoisotopic (exact) mass is 285 g/mol. The number of nitrogens with zero attached hydrogens (tertiary/aromatic N) is 1. The van der Waals surface area contributed by atoms with Crippen molar-refractivity contribution in [2.45, 2.75) is 32.1 Å². The van der Waals surface area contributed by atoms with E-state index in [0.29, 0.717) is 22.1 Å². The van der Waals surface area contributed by atoms with E-state index < -0.39 is 23.2 Å². The lowest BCUT2D eigenvalue weighted by molar-refractivity contribution is -0.180. The van der Waals surface area contributed by atoms with Gasteiger partial charge in [0.25, 0.3) is 11.8 Å². The lowest BCUT2D eigenvalue weighted by atomic mass is 9.84. The summed E-state index contributed by atoms with van der Waals surface area (Å²) in [5.74, 6) is -0.919. The third kappa shape index (κ3) is 1.66. The molecule has 1 heterocycles. The molecule has 1 aromatic rings. The van der Waals surface area contributed by atoms with Gasteiger partial charge >= 0.3 is 5.97 Å². The first-order chi connectivity index (χ1) is 10.1. The molecule has 3 aliphatic rings. The molecule has 0 N–H and O–H groups in total. The van der Waals surface area contributed by atoms with Gasteiger partial charge in [-0.15, -0.1) is 0 Å². The highest BCUT2D eigenvalue weighted by atomic mass is 16.7. The largest absolute Gasteiger partial charge is 0.339 e. The Morgan fingerprint density at radius 1 is 1.10 bits per heavy atom. The van der Waals surface area contributed by atoms with E-state index >= 15 is 0 Å². The van der Waals surface area contributed by atoms with Crippen molar-refractivity contribution in [3.63, 3.8) is 0 Å². The second-order valence-corrected chi connectivity index (χ2v) is 6.26. The SMILES string of the molecule is O=C1c2ccccc2C(=O)N1OC(=O)C12CCC(CC1)C2. The zero-order valence-corrected chi connectivity index (χ0v) is 11.5. The lowest BCUT2D eigenvalue weighted by Crippen LogP contribution is -2.38. The second kappa shape index (κ2) is 4.16. The smallest absolute Gasteiger partial charge is 0.329 e. The van der Waals surface area contributed by atoms with Crippen LogP contribution in [0.1, 0.15) is 52.8 Å². The minimum absolute atomic E-state index is 0.295. The highest BCUT2D eigenvalue weighted by Crippen LogP contribution is 2.54. The van der Waals surface area contributed by atoms with Gasteiger partial charge in [0, 0.05) is 0 Å². The van der Waals surface area contributed by atoms with Crippen molar-refractivity contribution in [1.29, 1.82) is 0 Å². The molecule has 0 atom stereocenters. The minimum Gasteiger partial charge on any atom is -0.329 e. The number of carbonyl (C=O) groups excluding carboxylic acids is 3. The Morgan fingerprint density at radius 3 is 2.14 bits per heavy atom. The quantitative estimate of drug-likeness (QED) is 0.782. The predicted octanol–water partition coefficient (Wildman–Crippen LogP) is 2.32. The van der Waals surface area contributed by atoms with Crippen molar-refractivity contribution < 1.29 is 19.2 Å². The summed E-state index contributed by atoms with van der Waals surface area (Å²) in [5.41, 5.74) is 0.118. The Kier molecular flexibility index (Phi) is 2.49. The van der Waals surface area contributed by atoms with Gasteiger partial charge in [0.1, 0.15) is 0 Å². The molecular formula is C16H15NO4. The molecule has 5 heteroatoms. The zero-order valence-electron chi connectivity index (χ0n) is 11.5. The van der Waals surface area contributed by atoms with Crippen LogP contribution < -0.4 is 0 Å². The minimum atomic E-state index is -0.548. The fourth-order valence-electron chi connectivity index (χ4n) is 3.91. The molecule has 1 aliphatic heterocycles. The van der Waals surface area contributed by atoms with Gasteiger partial charge in [-0.25, -0.2) is 4.79 Å². The predicted molar refractivity (Wildman–Crippen MR) is 72.0 cm³/mol. The summed E-state index contributed by atoms with van der Waals surface area (Å²) in [6.45, 7) is 0. The van der Waals surface area contributed by atoms with E-state index in [1.54, 1.807) is 24.3 Å². The summed E-state index contributed by atoms with van der Waals surface area (Å²) in [6.07, 6.45) is 4.52. The number of rotatable bonds is 2. The van der Waals surface area contributed by atoms with Crippen LogP contribution >= 0.6 is 0 Å². The molecule has 2 saturated carbocycles. The molecular weight excluding hydrogens is 270 g/mol. The normalized spacial score (nSPS) is 29.9. The van der Waals surface area contributed by atoms with Crippen LogP contribution in [0.5, 0.6) is 0 Å². The van der Waals surface area contributed by atoms with Gasteiger partial charge in [-0.2, -0.15) is 0 Å². The van der Waals surface area contributed by atoms with Gasteiger partial charge in [-0.05, 0) is 50.2 Å². The van der Waals surface area contributed by atoms with Gasteiger partial charge in [-0.1, -0.05) is 17.2 Å². The lowest BCUT2D eigenvalue weighted by Gasteiger charge is -2.25. The number of carbonyl (C=O) groups is 3. The number of amides is 2. The average Bonchev–Trinajstić information content (AvgIpc) is 3.18. The molecule has 0 unspecified atom stereocenters. The van der Waals surface area contributed by atoms with E-state index in [-0.39, 0.29) is 0 Å². The maximum Gasteiger partial charge on any atom is 0.339 e. The van der Waals surface area contributed by atoms with Crippen LogP contribution in [-0.2, 0) is 9.63 Å². The van der Waals surface area contributed by atoms with Crippen molar-refractivity contribution in [3.05, 3.63) is 35.4 Å². The molecule has 2 bridgehead atoms. The van der Waals surface area contributed by atoms with Crippen LogP contribution in [0.25, 0.3) is 0 Å². The molecule has 2 aliphatic carbocycles. The van der Waals surface area contributed by atoms with Gasteiger partial charge < -0.3 is 4.84 Å². The van der Waals surface area contributed by atoms with Crippen molar-refractivity contribution >= 4 is 17.8 Å². The first-order valence-corrected chi connectivity index (χ1v) is 7.31. The van der Waals surface area contributed by atoms with Crippen LogP contribution in [0.15, 0.2) is 24.3 Å². The summed E-state index contributed by atoms with van der Waals surface area (Å²) in [7, 11) is 0. The van der Waals surface area contributed by atoms with Crippen molar-refractivity contribution in [2.75, 3.05) is 0 Å². The fourth-order valence-corrected chi connectivity index (χ4v) is 3.91. The third-order valence-electron chi connectivity index (χ3n) is 5.11. The number of hydroxylamine groups is 2. The summed E-state index contributed by atoms with van der Waals surface area (Å²) in [4.78, 5) is 42.1. The molecule has 1 aromatic carbocycles. The third-order valence-corrected chi connectivity index (χ3v) is 5.11. The maximum absolute atomic E-state index is 12.5. The first kappa shape index (κ1) is 12.6. The molecule has 108 valence electrons. The molecule has 0 saturated heterocycles. The fraction of sp³-hybridized carbons (Fsp3) is 0.438. The van der Waals surface area contributed by atoms with E-state index in [2.05, 4.69) is 0 Å². The van der Waals surface area contributed by atoms with Crippen molar-refractivity contribution in [2.24, 2.45) is 11.3 Å². The molecule has 4 rings (SSSR count). The van der Waals surface area contributed by atoms with Gasteiger partial charge in [0.15, 0.2) is 0 Å². The Balaban J connectivity index is 1.58. The van der Waals surface area contributed by atoms with Crippen molar-refractivity contribution in [1.82, 2.24) is 5.06 Å². The highest BCUT2D eigenvalue weighted by molar-refractivity contribution is 6.20. The molecule has 0 aromatic heterocycles. The van der Waals surface area contributed by atoms with Gasteiger partial charge in [0.05, 0.1) is 16.5 Å². The Morgan fingerprint density at radius 2 is 1.67 bits per heavy atom. The summed E-state index contributed by atoms with van der Waals surface area (Å²) >= 11 is 0. The molecule has 5 nitrogen and oxygen atoms in total. The van der Waals surface area contributed by atoms with Crippen LogP contribution in [-0.4, -0.2) is 22.8 Å². The Hall–Kier alpha value is -2.17. The van der Waals surface area contributed by atoms with E-state index in [1.165, 1.54) is 0 Å². The number of imide groups is 1. The summed E-state index contributed by atoms with van der Waals surface area (Å²) in [6, 6.07) is 6.52. The second-order valence-electron chi connectivity index (χ2n) is 6.26. The Labute approximate surface area is 121 Å². The van der Waals surface area contributed by atoms with Gasteiger partial charge in [-0.3, -0.25) is 9.59 Å². The number of hydrogen-bond acceptors (Lipinski definition) is 4. The van der Waals surface area contributed by atoms with Gasteiger partial charge in [0.2, 0.25) is 0 Å². The topological polar surface area (TPSA) is 63.7 Å². The maximum atomic E-state index is 12.5. The molecule has 2 amide bonds. The van der Waals surface area contributed by atoms with Crippen LogP contribution in [0.3, 0.4) is 0 Å². The van der Waals surface area contributed by atoms with Crippen LogP contribution in [0.4, 0.5) is 0 Å². The number of benzene rings is 1. The molecule has 0 spiro atoms. The van der Waals surface area contributed by atoms with E-state index in [1.807, 2.05) is 0 Å². The standard InChI is InChI=1S/C16H15NO4/c18-13-11-3-1-2-4-12(11)14(19)17(13)21-15(20)16-7-5-10(9-16)6-8-16/h1-4,10H,5-9H2. The molecule has 2 fully saturated rings. The Bertz CT molecular complexity index is 623. The van der Waals surface area contributed by atoms with Crippen LogP contribution in [0.2, 0.25) is 0 Å². The number of hydrogen-bond donors (Lipinski definition) is 0. The van der Waals surface area contributed by atoms with Crippen molar-refractivity contribution in [3.8, 4) is 0 Å². The average molecular weight is 285 g/mol. The summed E-state index contributed by atoms with van der Waals surface area (Å²) < 4.78 is 0. The first-order valence-electron chi connectivity index (χ1n) is 7.31. The van der Waals surface area contributed by atoms with Crippen LogP contribution in [0, 0.1) is 11.3 Å². The molecule has 21 heavy (non-hydrogen) atoms. The van der Waals surface area contributed by atoms with E-state index in [4.69, 9.17) is 4.84 Å². The zero-order chi connectivity index (χ0) is 14.6. The van der Waals surface area contributed by atoms with E-state index in [9.17, 15) is 14.4 Å². The number of fused-ring (bicyclic) bond motifs is 3. The van der Waals surface area contributed by atoms with E-state index in [0.717, 1.165) is 32.1 Å². The molecule has 0 radical (unpaired) electrons.